The number of piperidine rings is 2. The van der Waals surface area contributed by atoms with E-state index in [-0.39, 0.29) is 5.91 Å². The number of hydrogen-bond donors (Lipinski definition) is 1. The second-order valence-corrected chi connectivity index (χ2v) is 7.35. The van der Waals surface area contributed by atoms with Gasteiger partial charge in [-0.05, 0) is 50.5 Å². The standard InChI is InChI=1S/C19H30N2O2/c22-18-8-4-5-12-21(18)15-11-19(23)9-13-20(14-10-19)16-17-6-2-1-3-7-17/h2,6-7,23H,1,3-5,8-16H2. The smallest absolute Gasteiger partial charge is 0.222 e. The number of rotatable bonds is 5. The quantitative estimate of drug-likeness (QED) is 0.847. The maximum absolute atomic E-state index is 11.9. The van der Waals surface area contributed by atoms with Crippen molar-refractivity contribution in [1.82, 2.24) is 9.80 Å². The molecule has 0 aromatic rings. The lowest BCUT2D eigenvalue weighted by Crippen LogP contribution is -2.47. The van der Waals surface area contributed by atoms with Gasteiger partial charge < -0.3 is 10.0 Å². The van der Waals surface area contributed by atoms with Crippen LogP contribution >= 0.6 is 0 Å². The van der Waals surface area contributed by atoms with Gasteiger partial charge in [0.25, 0.3) is 0 Å². The van der Waals surface area contributed by atoms with E-state index in [0.717, 1.165) is 71.2 Å². The summed E-state index contributed by atoms with van der Waals surface area (Å²) in [6.07, 6.45) is 14.4. The van der Waals surface area contributed by atoms with Crippen LogP contribution in [0.4, 0.5) is 0 Å². The first-order chi connectivity index (χ1) is 11.1. The Balaban J connectivity index is 1.42. The highest BCUT2D eigenvalue weighted by molar-refractivity contribution is 5.76. The number of nitrogens with zero attached hydrogens (tertiary/aromatic N) is 2. The third-order valence-corrected chi connectivity index (χ3v) is 5.53. The number of carbonyl (C=O) groups excluding carboxylic acids is 1. The highest BCUT2D eigenvalue weighted by Gasteiger charge is 2.33. The zero-order valence-electron chi connectivity index (χ0n) is 14.2. The molecule has 0 spiro atoms. The Morgan fingerprint density at radius 1 is 1.13 bits per heavy atom. The average molecular weight is 318 g/mol. The Hall–Kier alpha value is -1.13. The van der Waals surface area contributed by atoms with Gasteiger partial charge >= 0.3 is 0 Å². The zero-order chi connectivity index (χ0) is 16.1. The summed E-state index contributed by atoms with van der Waals surface area (Å²) < 4.78 is 0. The van der Waals surface area contributed by atoms with Crippen LogP contribution in [0, 0.1) is 0 Å². The Kier molecular flexibility index (Phi) is 5.54. The van der Waals surface area contributed by atoms with E-state index in [4.69, 9.17) is 0 Å². The molecule has 0 bridgehead atoms. The minimum atomic E-state index is -0.578. The van der Waals surface area contributed by atoms with E-state index in [2.05, 4.69) is 23.1 Å². The molecule has 2 saturated heterocycles. The van der Waals surface area contributed by atoms with E-state index in [0.29, 0.717) is 6.42 Å². The van der Waals surface area contributed by atoms with Gasteiger partial charge in [-0.2, -0.15) is 0 Å². The molecule has 0 aromatic carbocycles. The highest BCUT2D eigenvalue weighted by atomic mass is 16.3. The summed E-state index contributed by atoms with van der Waals surface area (Å²) in [7, 11) is 0. The molecule has 4 nitrogen and oxygen atoms in total. The van der Waals surface area contributed by atoms with E-state index in [1.54, 1.807) is 0 Å². The first-order valence-electron chi connectivity index (χ1n) is 9.23. The van der Waals surface area contributed by atoms with Crippen LogP contribution in [0.25, 0.3) is 0 Å². The minimum Gasteiger partial charge on any atom is -0.390 e. The van der Waals surface area contributed by atoms with Gasteiger partial charge in [-0.15, -0.1) is 0 Å². The molecule has 3 aliphatic rings. The molecule has 128 valence electrons. The minimum absolute atomic E-state index is 0.272. The maximum Gasteiger partial charge on any atom is 0.222 e. The number of amides is 1. The van der Waals surface area contributed by atoms with Crippen LogP contribution in [-0.4, -0.2) is 59.1 Å². The third kappa shape index (κ3) is 4.67. The van der Waals surface area contributed by atoms with Gasteiger partial charge in [-0.25, -0.2) is 0 Å². The van der Waals surface area contributed by atoms with Crippen LogP contribution < -0.4 is 0 Å². The Morgan fingerprint density at radius 3 is 2.65 bits per heavy atom. The van der Waals surface area contributed by atoms with Gasteiger partial charge in [0.15, 0.2) is 0 Å². The van der Waals surface area contributed by atoms with E-state index < -0.39 is 5.60 Å². The molecule has 0 atom stereocenters. The van der Waals surface area contributed by atoms with Crippen LogP contribution in [0.3, 0.4) is 0 Å². The summed E-state index contributed by atoms with van der Waals surface area (Å²) in [5.74, 6) is 0.272. The van der Waals surface area contributed by atoms with Gasteiger partial charge in [0, 0.05) is 39.1 Å². The largest absolute Gasteiger partial charge is 0.390 e. The Labute approximate surface area is 139 Å². The van der Waals surface area contributed by atoms with Gasteiger partial charge in [-0.3, -0.25) is 9.69 Å². The van der Waals surface area contributed by atoms with Gasteiger partial charge in [-0.1, -0.05) is 18.2 Å². The fourth-order valence-corrected chi connectivity index (χ4v) is 3.86. The number of allylic oxidation sites excluding steroid dienone is 2. The Bertz CT molecular complexity index is 476. The van der Waals surface area contributed by atoms with Gasteiger partial charge in [0.2, 0.25) is 5.91 Å². The predicted molar refractivity (Wildman–Crippen MR) is 92.1 cm³/mol. The predicted octanol–water partition coefficient (Wildman–Crippen LogP) is 2.49. The molecule has 0 unspecified atom stereocenters. The summed E-state index contributed by atoms with van der Waals surface area (Å²) in [6, 6.07) is 0. The van der Waals surface area contributed by atoms with Gasteiger partial charge in [0.1, 0.15) is 0 Å². The van der Waals surface area contributed by atoms with E-state index in [1.165, 1.54) is 12.0 Å². The normalized spacial score (nSPS) is 25.5. The number of hydrogen-bond acceptors (Lipinski definition) is 3. The van der Waals surface area contributed by atoms with Crippen LogP contribution in [0.2, 0.25) is 0 Å². The lowest BCUT2D eigenvalue weighted by molar-refractivity contribution is -0.134. The van der Waals surface area contributed by atoms with Crippen molar-refractivity contribution in [3.63, 3.8) is 0 Å². The summed E-state index contributed by atoms with van der Waals surface area (Å²) in [5.41, 5.74) is 0.839. The number of aliphatic hydroxyl groups is 1. The first-order valence-corrected chi connectivity index (χ1v) is 9.23. The molecule has 1 aliphatic carbocycles. The molecule has 1 amide bonds. The monoisotopic (exact) mass is 318 g/mol. The molecule has 2 aliphatic heterocycles. The summed E-state index contributed by atoms with van der Waals surface area (Å²) in [4.78, 5) is 16.3. The highest BCUT2D eigenvalue weighted by Crippen LogP contribution is 2.27. The molecule has 0 saturated carbocycles. The van der Waals surface area contributed by atoms with Crippen molar-refractivity contribution in [2.24, 2.45) is 0 Å². The SMILES string of the molecule is O=C1CCCCN1CCC1(O)CCN(CC2=CCCC=C2)CC1. The molecule has 1 N–H and O–H groups in total. The molecule has 4 heteroatoms. The molecule has 2 heterocycles. The van der Waals surface area contributed by atoms with Crippen molar-refractivity contribution in [3.05, 3.63) is 23.8 Å². The summed E-state index contributed by atoms with van der Waals surface area (Å²) >= 11 is 0. The topological polar surface area (TPSA) is 43.8 Å². The Morgan fingerprint density at radius 2 is 1.96 bits per heavy atom. The fraction of sp³-hybridized carbons (Fsp3) is 0.737. The van der Waals surface area contributed by atoms with E-state index in [1.807, 2.05) is 4.90 Å². The van der Waals surface area contributed by atoms with Gasteiger partial charge in [0.05, 0.1) is 5.60 Å². The molecule has 0 radical (unpaired) electrons. The third-order valence-electron chi connectivity index (χ3n) is 5.53. The zero-order valence-corrected chi connectivity index (χ0v) is 14.2. The second kappa shape index (κ2) is 7.63. The fourth-order valence-electron chi connectivity index (χ4n) is 3.86. The molecular formula is C19H30N2O2. The molecule has 2 fully saturated rings. The lowest BCUT2D eigenvalue weighted by atomic mass is 9.87. The molecular weight excluding hydrogens is 288 g/mol. The van der Waals surface area contributed by atoms with Crippen LogP contribution in [0.15, 0.2) is 23.8 Å². The van der Waals surface area contributed by atoms with Crippen LogP contribution in [0.1, 0.15) is 51.4 Å². The molecule has 23 heavy (non-hydrogen) atoms. The average Bonchev–Trinajstić information content (AvgIpc) is 2.58. The molecule has 3 rings (SSSR count). The van der Waals surface area contributed by atoms with Crippen LogP contribution in [-0.2, 0) is 4.79 Å². The number of likely N-dealkylation sites (tertiary alicyclic amines) is 2. The molecule has 0 aromatic heterocycles. The van der Waals surface area contributed by atoms with E-state index in [9.17, 15) is 9.90 Å². The van der Waals surface area contributed by atoms with Crippen molar-refractivity contribution in [3.8, 4) is 0 Å². The maximum atomic E-state index is 11.9. The summed E-state index contributed by atoms with van der Waals surface area (Å²) in [5, 5.41) is 10.8. The summed E-state index contributed by atoms with van der Waals surface area (Å²) in [6.45, 7) is 4.52. The second-order valence-electron chi connectivity index (χ2n) is 7.35. The van der Waals surface area contributed by atoms with Crippen molar-refractivity contribution < 1.29 is 9.90 Å². The van der Waals surface area contributed by atoms with Crippen molar-refractivity contribution >= 4 is 5.91 Å². The van der Waals surface area contributed by atoms with E-state index >= 15 is 0 Å². The van der Waals surface area contributed by atoms with Crippen molar-refractivity contribution in [2.75, 3.05) is 32.7 Å². The van der Waals surface area contributed by atoms with Crippen molar-refractivity contribution in [2.45, 2.75) is 57.0 Å². The van der Waals surface area contributed by atoms with Crippen molar-refractivity contribution in [1.29, 1.82) is 0 Å². The lowest BCUT2D eigenvalue weighted by Gasteiger charge is -2.40. The first kappa shape index (κ1) is 16.7. The van der Waals surface area contributed by atoms with Crippen LogP contribution in [0.5, 0.6) is 0 Å². The number of carbonyl (C=O) groups is 1.